The van der Waals surface area contributed by atoms with Crippen molar-refractivity contribution in [3.63, 3.8) is 0 Å². The number of sulfonamides is 1. The second kappa shape index (κ2) is 11.8. The molecular formula is C25H26N4O6S. The number of anilines is 2. The Labute approximate surface area is 209 Å². The number of hydrazone groups is 1. The summed E-state index contributed by atoms with van der Waals surface area (Å²) in [4.78, 5) is 23.9. The molecule has 0 aliphatic carbocycles. The number of methoxy groups -OCH3 is 2. The molecule has 0 heterocycles. The summed E-state index contributed by atoms with van der Waals surface area (Å²) in [5.41, 5.74) is 3.69. The molecule has 3 aromatic carbocycles. The van der Waals surface area contributed by atoms with Gasteiger partial charge in [0.1, 0.15) is 18.0 Å². The third-order valence-electron chi connectivity index (χ3n) is 4.94. The summed E-state index contributed by atoms with van der Waals surface area (Å²) in [5, 5.41) is 6.52. The maximum atomic E-state index is 13.5. The van der Waals surface area contributed by atoms with Crippen LogP contribution in [0.1, 0.15) is 12.5 Å². The highest BCUT2D eigenvalue weighted by molar-refractivity contribution is 7.92. The predicted molar refractivity (Wildman–Crippen MR) is 137 cm³/mol. The summed E-state index contributed by atoms with van der Waals surface area (Å²) in [7, 11) is -1.14. The summed E-state index contributed by atoms with van der Waals surface area (Å²) in [6.45, 7) is 0.816. The number of amides is 2. The van der Waals surface area contributed by atoms with E-state index in [2.05, 4.69) is 15.8 Å². The first kappa shape index (κ1) is 26.2. The zero-order valence-corrected chi connectivity index (χ0v) is 20.8. The van der Waals surface area contributed by atoms with Crippen molar-refractivity contribution in [3.8, 4) is 11.5 Å². The Morgan fingerprint density at radius 2 is 1.61 bits per heavy atom. The molecule has 0 unspecified atom stereocenters. The summed E-state index contributed by atoms with van der Waals surface area (Å²) in [6.07, 6.45) is 1.41. The number of hydrogen-bond acceptors (Lipinski definition) is 7. The molecule has 3 rings (SSSR count). The molecule has 11 heteroatoms. The number of nitrogens with one attached hydrogen (secondary N) is 2. The molecule has 0 bridgehead atoms. The van der Waals surface area contributed by atoms with Gasteiger partial charge in [0.25, 0.3) is 15.9 Å². The van der Waals surface area contributed by atoms with E-state index < -0.39 is 22.5 Å². The van der Waals surface area contributed by atoms with Crippen molar-refractivity contribution >= 4 is 39.4 Å². The number of ether oxygens (including phenoxy) is 2. The molecule has 0 saturated carbocycles. The molecule has 0 aliphatic heterocycles. The maximum absolute atomic E-state index is 13.5. The van der Waals surface area contributed by atoms with Crippen LogP contribution in [0.15, 0.2) is 82.8 Å². The highest BCUT2D eigenvalue weighted by atomic mass is 32.2. The van der Waals surface area contributed by atoms with Gasteiger partial charge in [-0.25, -0.2) is 13.8 Å². The number of hydrogen-bond donors (Lipinski definition) is 2. The first-order valence-electron chi connectivity index (χ1n) is 10.7. The number of para-hydroxylation sites is 1. The number of carbonyl (C=O) groups is 2. The molecule has 2 N–H and O–H groups in total. The second-order valence-electron chi connectivity index (χ2n) is 7.45. The average molecular weight is 511 g/mol. The molecule has 0 aliphatic rings. The fourth-order valence-electron chi connectivity index (χ4n) is 3.22. The van der Waals surface area contributed by atoms with Gasteiger partial charge in [-0.05, 0) is 60.7 Å². The van der Waals surface area contributed by atoms with Crippen molar-refractivity contribution < 1.29 is 27.5 Å². The van der Waals surface area contributed by atoms with E-state index in [0.29, 0.717) is 22.7 Å². The van der Waals surface area contributed by atoms with Crippen molar-refractivity contribution in [2.45, 2.75) is 11.8 Å². The fourth-order valence-corrected chi connectivity index (χ4v) is 4.64. The lowest BCUT2D eigenvalue weighted by atomic mass is 10.2. The van der Waals surface area contributed by atoms with Crippen LogP contribution in [0, 0.1) is 0 Å². The average Bonchev–Trinajstić information content (AvgIpc) is 2.87. The highest BCUT2D eigenvalue weighted by Crippen LogP contribution is 2.26. The molecule has 0 atom stereocenters. The van der Waals surface area contributed by atoms with Gasteiger partial charge in [-0.15, -0.1) is 0 Å². The van der Waals surface area contributed by atoms with Crippen LogP contribution in [-0.4, -0.2) is 47.2 Å². The Hall–Kier alpha value is -4.38. The molecule has 10 nitrogen and oxygen atoms in total. The van der Waals surface area contributed by atoms with Gasteiger partial charge < -0.3 is 14.8 Å². The van der Waals surface area contributed by atoms with Crippen molar-refractivity contribution in [1.82, 2.24) is 5.43 Å². The van der Waals surface area contributed by atoms with Crippen LogP contribution in [0.5, 0.6) is 11.5 Å². The van der Waals surface area contributed by atoms with Crippen LogP contribution >= 0.6 is 0 Å². The molecule has 36 heavy (non-hydrogen) atoms. The van der Waals surface area contributed by atoms with Gasteiger partial charge in [0.05, 0.1) is 31.0 Å². The molecule has 0 saturated heterocycles. The summed E-state index contributed by atoms with van der Waals surface area (Å²) >= 11 is 0. The number of carbonyl (C=O) groups excluding carboxylic acids is 2. The van der Waals surface area contributed by atoms with Crippen molar-refractivity contribution in [3.05, 3.63) is 78.4 Å². The first-order chi connectivity index (χ1) is 17.2. The Kier molecular flexibility index (Phi) is 8.63. The minimum absolute atomic E-state index is 0.0576. The monoisotopic (exact) mass is 510 g/mol. The lowest BCUT2D eigenvalue weighted by molar-refractivity contribution is -0.119. The van der Waals surface area contributed by atoms with Gasteiger partial charge in [-0.3, -0.25) is 13.9 Å². The second-order valence-corrected chi connectivity index (χ2v) is 9.31. The molecule has 2 amide bonds. The molecular weight excluding hydrogens is 484 g/mol. The third kappa shape index (κ3) is 6.60. The van der Waals surface area contributed by atoms with E-state index in [1.165, 1.54) is 63.8 Å². The fraction of sp³-hybridized carbons (Fsp3) is 0.160. The zero-order chi connectivity index (χ0) is 26.1. The summed E-state index contributed by atoms with van der Waals surface area (Å²) in [5.74, 6) is 0.161. The van der Waals surface area contributed by atoms with E-state index in [1.807, 2.05) is 0 Å². The SMILES string of the molecule is COc1ccc(N(CC(=O)N/N=C\c2ccccc2OC)S(=O)(=O)c2ccc(NC(C)=O)cc2)cc1. The highest BCUT2D eigenvalue weighted by Gasteiger charge is 2.27. The summed E-state index contributed by atoms with van der Waals surface area (Å²) in [6, 6.07) is 19.0. The normalized spacial score (nSPS) is 11.1. The van der Waals surface area contributed by atoms with Gasteiger partial charge >= 0.3 is 0 Å². The minimum atomic E-state index is -4.15. The van der Waals surface area contributed by atoms with Gasteiger partial charge in [0.15, 0.2) is 0 Å². The molecule has 0 radical (unpaired) electrons. The van der Waals surface area contributed by atoms with Gasteiger partial charge in [-0.1, -0.05) is 12.1 Å². The van der Waals surface area contributed by atoms with Crippen LogP contribution in [0.3, 0.4) is 0 Å². The van der Waals surface area contributed by atoms with Crippen LogP contribution < -0.4 is 24.5 Å². The van der Waals surface area contributed by atoms with Crippen LogP contribution in [0.4, 0.5) is 11.4 Å². The molecule has 0 spiro atoms. The van der Waals surface area contributed by atoms with Crippen LogP contribution in [0.25, 0.3) is 0 Å². The number of nitrogens with zero attached hydrogens (tertiary/aromatic N) is 2. The van der Waals surface area contributed by atoms with E-state index in [1.54, 1.807) is 36.4 Å². The lowest BCUT2D eigenvalue weighted by Crippen LogP contribution is -2.39. The first-order valence-corrected chi connectivity index (χ1v) is 12.2. The molecule has 0 aromatic heterocycles. The minimum Gasteiger partial charge on any atom is -0.497 e. The Morgan fingerprint density at radius 3 is 2.22 bits per heavy atom. The van der Waals surface area contributed by atoms with Gasteiger partial charge in [0.2, 0.25) is 5.91 Å². The van der Waals surface area contributed by atoms with E-state index in [0.717, 1.165) is 4.31 Å². The Balaban J connectivity index is 1.86. The maximum Gasteiger partial charge on any atom is 0.264 e. The predicted octanol–water partition coefficient (Wildman–Crippen LogP) is 3.01. The molecule has 188 valence electrons. The third-order valence-corrected chi connectivity index (χ3v) is 6.73. The smallest absolute Gasteiger partial charge is 0.264 e. The van der Waals surface area contributed by atoms with E-state index in [4.69, 9.17) is 9.47 Å². The quantitative estimate of drug-likeness (QED) is 0.319. The van der Waals surface area contributed by atoms with Gasteiger partial charge in [-0.2, -0.15) is 5.10 Å². The Morgan fingerprint density at radius 1 is 0.944 bits per heavy atom. The standard InChI is InChI=1S/C25H26N4O6S/c1-18(30)27-20-8-14-23(15-9-20)36(32,33)29(21-10-12-22(34-2)13-11-21)17-25(31)28-26-16-19-6-4-5-7-24(19)35-3/h4-16H,17H2,1-3H3,(H,27,30)(H,28,31)/b26-16-. The molecule has 3 aromatic rings. The molecule has 0 fully saturated rings. The van der Waals surface area contributed by atoms with Crippen LogP contribution in [-0.2, 0) is 19.6 Å². The largest absolute Gasteiger partial charge is 0.497 e. The summed E-state index contributed by atoms with van der Waals surface area (Å²) < 4.78 is 38.4. The van der Waals surface area contributed by atoms with E-state index in [-0.39, 0.29) is 16.5 Å². The zero-order valence-electron chi connectivity index (χ0n) is 20.0. The van der Waals surface area contributed by atoms with Crippen molar-refractivity contribution in [2.24, 2.45) is 5.10 Å². The van der Waals surface area contributed by atoms with E-state index in [9.17, 15) is 18.0 Å². The topological polar surface area (TPSA) is 126 Å². The van der Waals surface area contributed by atoms with Gasteiger partial charge in [0, 0.05) is 18.2 Å². The number of rotatable bonds is 10. The number of benzene rings is 3. The Bertz CT molecular complexity index is 1340. The van der Waals surface area contributed by atoms with Crippen molar-refractivity contribution in [1.29, 1.82) is 0 Å². The lowest BCUT2D eigenvalue weighted by Gasteiger charge is -2.24. The van der Waals surface area contributed by atoms with E-state index >= 15 is 0 Å². The van der Waals surface area contributed by atoms with Crippen molar-refractivity contribution in [2.75, 3.05) is 30.4 Å². The van der Waals surface area contributed by atoms with Crippen LogP contribution in [0.2, 0.25) is 0 Å².